The van der Waals surface area contributed by atoms with Crippen LogP contribution in [-0.2, 0) is 11.3 Å². The Labute approximate surface area is 129 Å². The van der Waals surface area contributed by atoms with Gasteiger partial charge in [0.25, 0.3) is 5.91 Å². The van der Waals surface area contributed by atoms with Crippen molar-refractivity contribution in [2.45, 2.75) is 46.4 Å². The third kappa shape index (κ3) is 5.51. The zero-order valence-electron chi connectivity index (χ0n) is 12.5. The number of halogens is 1. The molecule has 0 spiro atoms. The molecule has 0 aliphatic rings. The van der Waals surface area contributed by atoms with Crippen molar-refractivity contribution in [2.75, 3.05) is 6.54 Å². The second-order valence-electron chi connectivity index (χ2n) is 4.94. The van der Waals surface area contributed by atoms with E-state index in [-0.39, 0.29) is 5.91 Å². The Morgan fingerprint density at radius 1 is 1.35 bits per heavy atom. The van der Waals surface area contributed by atoms with Gasteiger partial charge in [-0.2, -0.15) is 0 Å². The molecular weight excluding hydrogens is 320 g/mol. The van der Waals surface area contributed by atoms with E-state index in [4.69, 9.17) is 4.74 Å². The van der Waals surface area contributed by atoms with E-state index in [0.29, 0.717) is 19.1 Å². The number of hydrogen-bond acceptors (Lipinski definition) is 3. The van der Waals surface area contributed by atoms with Crippen LogP contribution in [0.4, 0.5) is 0 Å². The molecule has 1 aromatic carbocycles. The Morgan fingerprint density at radius 2 is 2.05 bits per heavy atom. The first-order chi connectivity index (χ1) is 9.43. The van der Waals surface area contributed by atoms with Crippen molar-refractivity contribution in [3.8, 4) is 5.75 Å². The van der Waals surface area contributed by atoms with Gasteiger partial charge in [-0.1, -0.05) is 29.8 Å². The first kappa shape index (κ1) is 17.0. The number of benzene rings is 1. The third-order valence-corrected chi connectivity index (χ3v) is 3.24. The maximum atomic E-state index is 11.7. The van der Waals surface area contributed by atoms with Gasteiger partial charge in [-0.25, -0.2) is 0 Å². The lowest BCUT2D eigenvalue weighted by Gasteiger charge is -2.18. The van der Waals surface area contributed by atoms with E-state index >= 15 is 0 Å². The lowest BCUT2D eigenvalue weighted by atomic mass is 10.2. The number of carbonyl (C=O) groups excluding carboxylic acids is 1. The number of amides is 1. The molecule has 0 aliphatic carbocycles. The molecule has 0 saturated heterocycles. The van der Waals surface area contributed by atoms with E-state index in [1.807, 2.05) is 25.1 Å². The van der Waals surface area contributed by atoms with Crippen LogP contribution < -0.4 is 15.4 Å². The van der Waals surface area contributed by atoms with Gasteiger partial charge < -0.3 is 15.4 Å². The van der Waals surface area contributed by atoms with Gasteiger partial charge in [0.15, 0.2) is 6.10 Å². The van der Waals surface area contributed by atoms with E-state index in [1.54, 1.807) is 6.92 Å². The summed E-state index contributed by atoms with van der Waals surface area (Å²) in [6.45, 7) is 9.14. The molecule has 4 nitrogen and oxygen atoms in total. The highest BCUT2D eigenvalue weighted by molar-refractivity contribution is 9.10. The van der Waals surface area contributed by atoms with Crippen LogP contribution in [0.5, 0.6) is 5.75 Å². The highest BCUT2D eigenvalue weighted by atomic mass is 79.9. The molecule has 0 radical (unpaired) electrons. The normalized spacial score (nSPS) is 12.3. The Bertz CT molecular complexity index is 449. The SMILES string of the molecule is CCNC(=O)C(C)Oc1ccc(Br)cc1CNC(C)C. The predicted molar refractivity (Wildman–Crippen MR) is 84.9 cm³/mol. The minimum absolute atomic E-state index is 0.0989. The molecule has 20 heavy (non-hydrogen) atoms. The summed E-state index contributed by atoms with van der Waals surface area (Å²) in [7, 11) is 0. The quantitative estimate of drug-likeness (QED) is 0.800. The lowest BCUT2D eigenvalue weighted by Crippen LogP contribution is -2.36. The number of nitrogens with one attached hydrogen (secondary N) is 2. The summed E-state index contributed by atoms with van der Waals surface area (Å²) in [5.74, 6) is 0.637. The predicted octanol–water partition coefficient (Wildman–Crippen LogP) is 2.85. The molecule has 5 heteroatoms. The smallest absolute Gasteiger partial charge is 0.260 e. The first-order valence-electron chi connectivity index (χ1n) is 6.90. The van der Waals surface area contributed by atoms with Crippen LogP contribution >= 0.6 is 15.9 Å². The molecule has 0 bridgehead atoms. The molecule has 0 heterocycles. The molecule has 1 atom stereocenters. The molecule has 0 saturated carbocycles. The average molecular weight is 343 g/mol. The van der Waals surface area contributed by atoms with Gasteiger partial charge in [0.2, 0.25) is 0 Å². The maximum absolute atomic E-state index is 11.7. The summed E-state index contributed by atoms with van der Waals surface area (Å²) in [4.78, 5) is 11.7. The molecule has 0 fully saturated rings. The van der Waals surface area contributed by atoms with Crippen molar-refractivity contribution in [1.82, 2.24) is 10.6 Å². The molecule has 1 amide bonds. The lowest BCUT2D eigenvalue weighted by molar-refractivity contribution is -0.127. The number of carbonyl (C=O) groups is 1. The van der Waals surface area contributed by atoms with Gasteiger partial charge in [0, 0.05) is 29.2 Å². The third-order valence-electron chi connectivity index (χ3n) is 2.75. The van der Waals surface area contributed by atoms with E-state index in [1.165, 1.54) is 0 Å². The summed E-state index contributed by atoms with van der Waals surface area (Å²) in [6, 6.07) is 6.20. The fourth-order valence-corrected chi connectivity index (χ4v) is 2.09. The number of ether oxygens (including phenoxy) is 1. The van der Waals surface area contributed by atoms with E-state index < -0.39 is 6.10 Å². The van der Waals surface area contributed by atoms with Crippen LogP contribution in [0.2, 0.25) is 0 Å². The minimum atomic E-state index is -0.506. The van der Waals surface area contributed by atoms with Gasteiger partial charge in [-0.3, -0.25) is 4.79 Å². The van der Waals surface area contributed by atoms with Crippen LogP contribution in [0.3, 0.4) is 0 Å². The summed E-state index contributed by atoms with van der Waals surface area (Å²) < 4.78 is 6.77. The molecule has 2 N–H and O–H groups in total. The topological polar surface area (TPSA) is 50.4 Å². The monoisotopic (exact) mass is 342 g/mol. The van der Waals surface area contributed by atoms with E-state index in [0.717, 1.165) is 15.8 Å². The van der Waals surface area contributed by atoms with Crippen molar-refractivity contribution < 1.29 is 9.53 Å². The fourth-order valence-electron chi connectivity index (χ4n) is 1.68. The summed E-state index contributed by atoms with van der Waals surface area (Å²) >= 11 is 3.46. The number of hydrogen-bond donors (Lipinski definition) is 2. The Hall–Kier alpha value is -1.07. The highest BCUT2D eigenvalue weighted by Crippen LogP contribution is 2.24. The molecule has 1 aromatic rings. The Kier molecular flexibility index (Phi) is 7.02. The molecule has 1 unspecified atom stereocenters. The Balaban J connectivity index is 2.80. The van der Waals surface area contributed by atoms with Crippen molar-refractivity contribution in [1.29, 1.82) is 0 Å². The molecule has 1 rings (SSSR count). The molecular formula is C15H23BrN2O2. The number of rotatable bonds is 7. The average Bonchev–Trinajstić information content (AvgIpc) is 2.39. The highest BCUT2D eigenvalue weighted by Gasteiger charge is 2.15. The standard InChI is InChI=1S/C15H23BrN2O2/c1-5-17-15(19)11(4)20-14-7-6-13(16)8-12(14)9-18-10(2)3/h6-8,10-11,18H,5,9H2,1-4H3,(H,17,19). The first-order valence-corrected chi connectivity index (χ1v) is 7.69. The summed E-state index contributed by atoms with van der Waals surface area (Å²) in [5, 5.41) is 6.11. The zero-order valence-corrected chi connectivity index (χ0v) is 14.1. The van der Waals surface area contributed by atoms with Crippen LogP contribution in [0.1, 0.15) is 33.3 Å². The van der Waals surface area contributed by atoms with Gasteiger partial charge >= 0.3 is 0 Å². The van der Waals surface area contributed by atoms with Crippen molar-refractivity contribution in [3.63, 3.8) is 0 Å². The largest absolute Gasteiger partial charge is 0.481 e. The summed E-state index contributed by atoms with van der Waals surface area (Å²) in [6.07, 6.45) is -0.506. The van der Waals surface area contributed by atoms with Crippen LogP contribution in [0.25, 0.3) is 0 Å². The molecule has 0 aliphatic heterocycles. The zero-order chi connectivity index (χ0) is 15.1. The van der Waals surface area contributed by atoms with Gasteiger partial charge in [0.1, 0.15) is 5.75 Å². The van der Waals surface area contributed by atoms with Crippen LogP contribution in [0, 0.1) is 0 Å². The van der Waals surface area contributed by atoms with Crippen molar-refractivity contribution in [2.24, 2.45) is 0 Å². The minimum Gasteiger partial charge on any atom is -0.481 e. The van der Waals surface area contributed by atoms with Crippen LogP contribution in [0.15, 0.2) is 22.7 Å². The molecule has 0 aromatic heterocycles. The fraction of sp³-hybridized carbons (Fsp3) is 0.533. The number of likely N-dealkylation sites (N-methyl/N-ethyl adjacent to an activating group) is 1. The van der Waals surface area contributed by atoms with Gasteiger partial charge in [-0.05, 0) is 32.0 Å². The second kappa shape index (κ2) is 8.27. The Morgan fingerprint density at radius 3 is 2.65 bits per heavy atom. The van der Waals surface area contributed by atoms with Crippen molar-refractivity contribution in [3.05, 3.63) is 28.2 Å². The summed E-state index contributed by atoms with van der Waals surface area (Å²) in [5.41, 5.74) is 1.03. The van der Waals surface area contributed by atoms with Gasteiger partial charge in [0.05, 0.1) is 0 Å². The second-order valence-corrected chi connectivity index (χ2v) is 5.86. The van der Waals surface area contributed by atoms with Crippen LogP contribution in [-0.4, -0.2) is 24.6 Å². The van der Waals surface area contributed by atoms with E-state index in [9.17, 15) is 4.79 Å². The van der Waals surface area contributed by atoms with Gasteiger partial charge in [-0.15, -0.1) is 0 Å². The van der Waals surface area contributed by atoms with Crippen molar-refractivity contribution >= 4 is 21.8 Å². The van der Waals surface area contributed by atoms with E-state index in [2.05, 4.69) is 40.4 Å². The maximum Gasteiger partial charge on any atom is 0.260 e. The molecule has 112 valence electrons.